The third kappa shape index (κ3) is 7.08. The maximum Gasteiger partial charge on any atom is 0.404 e. The molecule has 0 aromatic rings. The number of alkyl halides is 4. The van der Waals surface area contributed by atoms with E-state index in [9.17, 15) is 46.3 Å². The van der Waals surface area contributed by atoms with Gasteiger partial charge in [0.15, 0.2) is 29.8 Å². The summed E-state index contributed by atoms with van der Waals surface area (Å²) in [7, 11) is 0. The van der Waals surface area contributed by atoms with Gasteiger partial charge in [-0.05, 0) is 90.9 Å². The average Bonchev–Trinajstić information content (AvgIpc) is 4.06. The van der Waals surface area contributed by atoms with Gasteiger partial charge in [-0.3, -0.25) is 24.0 Å². The normalized spacial score (nSPS) is 38.4. The molecule has 0 aromatic carbocycles. The van der Waals surface area contributed by atoms with E-state index in [2.05, 4.69) is 0 Å². The highest BCUT2D eigenvalue weighted by atomic mass is 19.4. The molecular formula is C41H54F4O14. The van der Waals surface area contributed by atoms with Crippen molar-refractivity contribution < 1.29 is 84.2 Å². The fourth-order valence-electron chi connectivity index (χ4n) is 10.2. The summed E-state index contributed by atoms with van der Waals surface area (Å²) < 4.78 is 99.2. The van der Waals surface area contributed by atoms with Crippen molar-refractivity contribution in [2.24, 2.45) is 29.1 Å². The summed E-state index contributed by atoms with van der Waals surface area (Å²) in [5.74, 6) is -8.52. The van der Waals surface area contributed by atoms with Gasteiger partial charge in [-0.1, -0.05) is 27.7 Å². The Balaban J connectivity index is 0.000000180. The van der Waals surface area contributed by atoms with Gasteiger partial charge in [-0.25, -0.2) is 9.18 Å². The maximum atomic E-state index is 14.3. The number of carbonyl (C=O) groups is 6. The molecule has 2 saturated carbocycles. The first kappa shape index (κ1) is 43.5. The Morgan fingerprint density at radius 3 is 1.34 bits per heavy atom. The lowest BCUT2D eigenvalue weighted by Crippen LogP contribution is -2.52. The van der Waals surface area contributed by atoms with Crippen LogP contribution in [0.2, 0.25) is 0 Å². The molecule has 8 aliphatic rings. The molecule has 6 heterocycles. The average molecular weight is 847 g/mol. The first-order valence-corrected chi connectivity index (χ1v) is 21.1. The predicted octanol–water partition coefficient (Wildman–Crippen LogP) is 5.32. The molecule has 14 nitrogen and oxygen atoms in total. The van der Waals surface area contributed by atoms with Crippen LogP contribution in [0.15, 0.2) is 0 Å². The molecule has 14 atom stereocenters. The summed E-state index contributed by atoms with van der Waals surface area (Å²) in [6.45, 7) is 8.59. The summed E-state index contributed by atoms with van der Waals surface area (Å²) >= 11 is 0. The summed E-state index contributed by atoms with van der Waals surface area (Å²) in [6, 6.07) is 0. The van der Waals surface area contributed by atoms with Gasteiger partial charge >= 0.3 is 42.0 Å². The van der Waals surface area contributed by atoms with Gasteiger partial charge in [0.2, 0.25) is 5.67 Å². The molecule has 14 unspecified atom stereocenters. The second kappa shape index (κ2) is 15.4. The van der Waals surface area contributed by atoms with Gasteiger partial charge in [-0.15, -0.1) is 0 Å². The van der Waals surface area contributed by atoms with Crippen molar-refractivity contribution in [3.05, 3.63) is 0 Å². The Morgan fingerprint density at radius 2 is 1.00 bits per heavy atom. The summed E-state index contributed by atoms with van der Waals surface area (Å²) in [4.78, 5) is 75.7. The molecule has 0 radical (unpaired) electrons. The zero-order chi connectivity index (χ0) is 43.0. The van der Waals surface area contributed by atoms with Crippen LogP contribution < -0.4 is 0 Å². The Morgan fingerprint density at radius 1 is 0.610 bits per heavy atom. The van der Waals surface area contributed by atoms with E-state index in [0.717, 1.165) is 52.4 Å². The fourth-order valence-corrected chi connectivity index (χ4v) is 10.2. The largest absolute Gasteiger partial charge is 0.459 e. The predicted molar refractivity (Wildman–Crippen MR) is 190 cm³/mol. The number of ether oxygens (including phenoxy) is 8. The molecule has 330 valence electrons. The molecule has 18 heteroatoms. The van der Waals surface area contributed by atoms with Crippen molar-refractivity contribution in [1.29, 1.82) is 0 Å². The molecule has 4 bridgehead atoms. The van der Waals surface area contributed by atoms with E-state index in [4.69, 9.17) is 37.9 Å². The number of rotatable bonds is 12. The molecule has 0 N–H and O–H groups in total. The van der Waals surface area contributed by atoms with Crippen molar-refractivity contribution in [3.8, 4) is 0 Å². The number of fused-ring (bicyclic) bond motifs is 2. The number of carbonyl (C=O) groups excluding carboxylic acids is 6. The lowest BCUT2D eigenvalue weighted by atomic mass is 9.78. The van der Waals surface area contributed by atoms with Crippen molar-refractivity contribution >= 4 is 35.8 Å². The van der Waals surface area contributed by atoms with E-state index >= 15 is 0 Å². The molecule has 0 spiro atoms. The van der Waals surface area contributed by atoms with E-state index in [-0.39, 0.29) is 6.42 Å². The molecule has 6 aliphatic heterocycles. The van der Waals surface area contributed by atoms with Gasteiger partial charge in [0.1, 0.15) is 59.3 Å². The van der Waals surface area contributed by atoms with Gasteiger partial charge in [0, 0.05) is 0 Å². The van der Waals surface area contributed by atoms with Crippen LogP contribution in [-0.2, 0) is 66.7 Å². The standard InChI is InChI=1S/C21H27F3O7.C20H27FO7/c1-4-19(3,21(22,23)24)18(27)30-15-13-11(10-12(28-13)14(15)29-16(10)25)17(26)31-20(5-2)8-6-7-9-20;1-4-19(3,21)18(24)27-15-13-11(10-12(25-13)14(15)26-16(10)22)17(23)28-20(5-2)8-6-7-9-20/h10-15H,4-9H2,1-3H3;10-15H,4-9H2,1-3H3. The van der Waals surface area contributed by atoms with Crippen LogP contribution >= 0.6 is 0 Å². The highest BCUT2D eigenvalue weighted by molar-refractivity contribution is 5.88. The topological polar surface area (TPSA) is 176 Å². The van der Waals surface area contributed by atoms with Crippen molar-refractivity contribution in [1.82, 2.24) is 0 Å². The quantitative estimate of drug-likeness (QED) is 0.140. The third-order valence-corrected chi connectivity index (χ3v) is 14.7. The van der Waals surface area contributed by atoms with Crippen LogP contribution in [0.3, 0.4) is 0 Å². The van der Waals surface area contributed by atoms with Crippen LogP contribution in [0.1, 0.15) is 119 Å². The molecule has 2 aliphatic carbocycles. The fraction of sp³-hybridized carbons (Fsp3) is 0.854. The molecular weight excluding hydrogens is 792 g/mol. The van der Waals surface area contributed by atoms with Crippen LogP contribution in [0.25, 0.3) is 0 Å². The number of hydrogen-bond acceptors (Lipinski definition) is 14. The smallest absolute Gasteiger partial charge is 0.404 e. The van der Waals surface area contributed by atoms with Gasteiger partial charge in [-0.2, -0.15) is 13.2 Å². The first-order chi connectivity index (χ1) is 27.7. The minimum absolute atomic E-state index is 0.0505. The van der Waals surface area contributed by atoms with E-state index in [1.807, 2.05) is 13.8 Å². The number of esters is 6. The molecule has 8 rings (SSSR count). The lowest BCUT2D eigenvalue weighted by Gasteiger charge is -2.34. The Labute approximate surface area is 339 Å². The molecule has 0 amide bonds. The van der Waals surface area contributed by atoms with E-state index < -0.39 is 143 Å². The Kier molecular flexibility index (Phi) is 11.4. The SMILES string of the molecule is CCC1(OC(=O)C2C3OC4C(OC(=O)C42)C3OC(=O)C(C)(CC)C(F)(F)F)CCCC1.CCC1(OC(=O)C2C3OC4C(OC(=O)C42)C3OC(=O)C(C)(F)CC)CCCC1. The van der Waals surface area contributed by atoms with Crippen LogP contribution in [0.5, 0.6) is 0 Å². The second-order valence-electron chi connectivity index (χ2n) is 17.8. The van der Waals surface area contributed by atoms with Crippen molar-refractivity contribution in [3.63, 3.8) is 0 Å². The number of hydrogen-bond donors (Lipinski definition) is 0. The second-order valence-corrected chi connectivity index (χ2v) is 17.8. The van der Waals surface area contributed by atoms with Crippen LogP contribution in [0, 0.1) is 29.1 Å². The van der Waals surface area contributed by atoms with Gasteiger partial charge < -0.3 is 37.9 Å². The van der Waals surface area contributed by atoms with Crippen molar-refractivity contribution in [2.75, 3.05) is 0 Å². The lowest BCUT2D eigenvalue weighted by molar-refractivity contribution is -0.236. The van der Waals surface area contributed by atoms with E-state index in [1.54, 1.807) is 0 Å². The number of halogens is 4. The summed E-state index contributed by atoms with van der Waals surface area (Å²) in [6.07, 6.45) is -4.74. The first-order valence-electron chi connectivity index (χ1n) is 21.1. The maximum absolute atomic E-state index is 14.3. The molecule has 6 saturated heterocycles. The zero-order valence-corrected chi connectivity index (χ0v) is 34.1. The molecule has 59 heavy (non-hydrogen) atoms. The minimum atomic E-state index is -4.82. The highest BCUT2D eigenvalue weighted by Crippen LogP contribution is 2.55. The van der Waals surface area contributed by atoms with E-state index in [0.29, 0.717) is 25.7 Å². The zero-order valence-electron chi connectivity index (χ0n) is 34.1. The monoisotopic (exact) mass is 846 g/mol. The molecule has 8 fully saturated rings. The van der Waals surface area contributed by atoms with Gasteiger partial charge in [0.05, 0.1) is 0 Å². The van der Waals surface area contributed by atoms with E-state index in [1.165, 1.54) is 13.8 Å². The Bertz CT molecular complexity index is 1700. The summed E-state index contributed by atoms with van der Waals surface area (Å²) in [5.41, 5.74) is -5.99. The Hall–Kier alpha value is -3.54. The minimum Gasteiger partial charge on any atom is -0.459 e. The highest BCUT2D eigenvalue weighted by Gasteiger charge is 2.74. The summed E-state index contributed by atoms with van der Waals surface area (Å²) in [5, 5.41) is 0. The van der Waals surface area contributed by atoms with Gasteiger partial charge in [0.25, 0.3) is 0 Å². The van der Waals surface area contributed by atoms with Crippen molar-refractivity contribution in [2.45, 2.75) is 190 Å². The van der Waals surface area contributed by atoms with Crippen LogP contribution in [0.4, 0.5) is 17.6 Å². The molecule has 0 aromatic heterocycles. The van der Waals surface area contributed by atoms with Crippen LogP contribution in [-0.4, -0.2) is 108 Å². The third-order valence-electron chi connectivity index (χ3n) is 14.7.